The Morgan fingerprint density at radius 3 is 2.34 bits per heavy atom. The highest BCUT2D eigenvalue weighted by molar-refractivity contribution is 5.74. The molecule has 164 valence electrons. The Morgan fingerprint density at radius 1 is 0.969 bits per heavy atom. The molecule has 1 atom stereocenters. The van der Waals surface area contributed by atoms with Gasteiger partial charge in [-0.05, 0) is 61.6 Å². The molecule has 5 nitrogen and oxygen atoms in total. The molecule has 0 aliphatic heterocycles. The Balaban J connectivity index is 1.33. The van der Waals surface area contributed by atoms with Crippen molar-refractivity contribution in [2.45, 2.75) is 38.6 Å². The summed E-state index contributed by atoms with van der Waals surface area (Å²) in [5.74, 6) is 1.34. The molecule has 0 N–H and O–H groups in total. The molecule has 2 aromatic heterocycles. The monoisotopic (exact) mass is 428 g/mol. The van der Waals surface area contributed by atoms with E-state index < -0.39 is 0 Å². The van der Waals surface area contributed by atoms with Crippen LogP contribution in [0, 0.1) is 6.92 Å². The highest BCUT2D eigenvalue weighted by atomic mass is 16.5. The van der Waals surface area contributed by atoms with Gasteiger partial charge in [-0.1, -0.05) is 42.5 Å². The first kappa shape index (κ1) is 21.6. The number of rotatable bonds is 9. The summed E-state index contributed by atoms with van der Waals surface area (Å²) in [6, 6.07) is 22.0. The lowest BCUT2D eigenvalue weighted by Crippen LogP contribution is -2.22. The van der Waals surface area contributed by atoms with Gasteiger partial charge >= 0.3 is 5.97 Å². The molecular weight excluding hydrogens is 400 g/mol. The predicted molar refractivity (Wildman–Crippen MR) is 124 cm³/mol. The lowest BCUT2D eigenvalue weighted by atomic mass is 10.0. The Hall–Kier alpha value is -3.60. The van der Waals surface area contributed by atoms with Crippen molar-refractivity contribution < 1.29 is 13.9 Å². The van der Waals surface area contributed by atoms with Gasteiger partial charge < -0.3 is 13.7 Å². The normalized spacial score (nSPS) is 11.9. The molecule has 2 heterocycles. The fourth-order valence-corrected chi connectivity index (χ4v) is 3.89. The summed E-state index contributed by atoms with van der Waals surface area (Å²) in [5.41, 5.74) is 4.40. The van der Waals surface area contributed by atoms with Crippen LogP contribution in [-0.4, -0.2) is 22.6 Å². The van der Waals surface area contributed by atoms with Crippen LogP contribution in [0.4, 0.5) is 0 Å². The van der Waals surface area contributed by atoms with E-state index >= 15 is 0 Å². The minimum absolute atomic E-state index is 0.233. The number of hydrogen-bond acceptors (Lipinski definition) is 4. The first-order valence-electron chi connectivity index (χ1n) is 10.9. The standard InChI is InChI=1S/C27H28N2O3/c1-20-24(28-26(32-20)23-10-4-3-5-11-23)12-8-9-21-13-15-22(16-14-21)19-25(27(30)31-2)29-17-6-7-18-29/h3-7,10-11,13-18,25H,8-9,12,19H2,1-2H3. The van der Waals surface area contributed by atoms with Crippen LogP contribution in [0.3, 0.4) is 0 Å². The lowest BCUT2D eigenvalue weighted by molar-refractivity contribution is -0.144. The number of benzene rings is 2. The SMILES string of the molecule is COC(=O)C(Cc1ccc(CCCc2nc(-c3ccccc3)oc2C)cc1)n1cccc1. The number of hydrogen-bond donors (Lipinski definition) is 0. The zero-order valence-electron chi connectivity index (χ0n) is 18.5. The molecule has 0 spiro atoms. The van der Waals surface area contributed by atoms with Crippen molar-refractivity contribution in [1.82, 2.24) is 9.55 Å². The number of aromatic nitrogens is 2. The molecule has 0 saturated carbocycles. The maximum Gasteiger partial charge on any atom is 0.329 e. The molecule has 0 fully saturated rings. The highest BCUT2D eigenvalue weighted by Gasteiger charge is 2.20. The summed E-state index contributed by atoms with van der Waals surface area (Å²) in [5, 5.41) is 0. The average molecular weight is 429 g/mol. The average Bonchev–Trinajstić information content (AvgIpc) is 3.49. The second-order valence-electron chi connectivity index (χ2n) is 7.93. The molecule has 0 amide bonds. The van der Waals surface area contributed by atoms with E-state index in [2.05, 4.69) is 24.3 Å². The number of aryl methyl sites for hydroxylation is 3. The maximum absolute atomic E-state index is 12.2. The van der Waals surface area contributed by atoms with Crippen LogP contribution in [0.2, 0.25) is 0 Å². The summed E-state index contributed by atoms with van der Waals surface area (Å²) in [4.78, 5) is 16.9. The number of oxazole rings is 1. The molecule has 2 aromatic carbocycles. The minimum Gasteiger partial charge on any atom is -0.467 e. The fourth-order valence-electron chi connectivity index (χ4n) is 3.89. The van der Waals surface area contributed by atoms with Crippen molar-refractivity contribution in [3.8, 4) is 11.5 Å². The molecule has 4 aromatic rings. The summed E-state index contributed by atoms with van der Waals surface area (Å²) < 4.78 is 12.8. The van der Waals surface area contributed by atoms with Crippen molar-refractivity contribution in [1.29, 1.82) is 0 Å². The third kappa shape index (κ3) is 5.17. The van der Waals surface area contributed by atoms with Gasteiger partial charge in [0.05, 0.1) is 12.8 Å². The van der Waals surface area contributed by atoms with Gasteiger partial charge in [0, 0.05) is 24.4 Å². The van der Waals surface area contributed by atoms with Crippen molar-refractivity contribution in [2.75, 3.05) is 7.11 Å². The molecule has 5 heteroatoms. The molecule has 0 radical (unpaired) electrons. The van der Waals surface area contributed by atoms with Gasteiger partial charge in [-0.25, -0.2) is 9.78 Å². The van der Waals surface area contributed by atoms with E-state index in [0.717, 1.165) is 41.8 Å². The summed E-state index contributed by atoms with van der Waals surface area (Å²) in [6.45, 7) is 1.98. The molecule has 1 unspecified atom stereocenters. The van der Waals surface area contributed by atoms with E-state index in [1.54, 1.807) is 0 Å². The quantitative estimate of drug-likeness (QED) is 0.326. The fraction of sp³-hybridized carbons (Fsp3) is 0.259. The van der Waals surface area contributed by atoms with E-state index in [9.17, 15) is 4.79 Å². The van der Waals surface area contributed by atoms with Gasteiger partial charge in [0.15, 0.2) is 0 Å². The van der Waals surface area contributed by atoms with Gasteiger partial charge in [-0.2, -0.15) is 0 Å². The van der Waals surface area contributed by atoms with Crippen molar-refractivity contribution in [2.24, 2.45) is 0 Å². The number of methoxy groups -OCH3 is 1. The Morgan fingerprint density at radius 2 is 1.66 bits per heavy atom. The van der Waals surface area contributed by atoms with Crippen molar-refractivity contribution in [3.05, 3.63) is 102 Å². The van der Waals surface area contributed by atoms with Crippen LogP contribution in [0.1, 0.15) is 35.0 Å². The van der Waals surface area contributed by atoms with E-state index in [-0.39, 0.29) is 12.0 Å². The Bertz CT molecular complexity index is 1130. The van der Waals surface area contributed by atoms with Gasteiger partial charge in [0.2, 0.25) is 5.89 Å². The van der Waals surface area contributed by atoms with Crippen molar-refractivity contribution >= 4 is 5.97 Å². The highest BCUT2D eigenvalue weighted by Crippen LogP contribution is 2.23. The smallest absolute Gasteiger partial charge is 0.329 e. The summed E-state index contributed by atoms with van der Waals surface area (Å²) >= 11 is 0. The number of nitrogens with zero attached hydrogens (tertiary/aromatic N) is 2. The van der Waals surface area contributed by atoms with Crippen LogP contribution in [0.15, 0.2) is 83.5 Å². The van der Waals surface area contributed by atoms with Crippen LogP contribution >= 0.6 is 0 Å². The van der Waals surface area contributed by atoms with Crippen LogP contribution in [-0.2, 0) is 28.8 Å². The second-order valence-corrected chi connectivity index (χ2v) is 7.93. The maximum atomic E-state index is 12.2. The zero-order valence-corrected chi connectivity index (χ0v) is 18.5. The number of carbonyl (C=O) groups excluding carboxylic acids is 1. The van der Waals surface area contributed by atoms with Crippen LogP contribution in [0.25, 0.3) is 11.5 Å². The lowest BCUT2D eigenvalue weighted by Gasteiger charge is -2.17. The first-order valence-corrected chi connectivity index (χ1v) is 10.9. The Labute approximate surface area is 188 Å². The van der Waals surface area contributed by atoms with Crippen LogP contribution in [0.5, 0.6) is 0 Å². The van der Waals surface area contributed by atoms with Gasteiger partial charge in [-0.15, -0.1) is 0 Å². The Kier molecular flexibility index (Phi) is 6.85. The largest absolute Gasteiger partial charge is 0.467 e. The molecule has 0 aliphatic rings. The topological polar surface area (TPSA) is 57.3 Å². The molecular formula is C27H28N2O3. The van der Waals surface area contributed by atoms with E-state index in [1.807, 2.05) is 66.3 Å². The minimum atomic E-state index is -0.352. The zero-order chi connectivity index (χ0) is 22.3. The molecule has 0 saturated heterocycles. The third-order valence-electron chi connectivity index (χ3n) is 5.71. The third-order valence-corrected chi connectivity index (χ3v) is 5.71. The predicted octanol–water partition coefficient (Wildman–Crippen LogP) is 5.58. The number of carbonyl (C=O) groups is 1. The number of esters is 1. The first-order chi connectivity index (χ1) is 15.6. The van der Waals surface area contributed by atoms with E-state index in [1.165, 1.54) is 12.7 Å². The van der Waals surface area contributed by atoms with Crippen LogP contribution < -0.4 is 0 Å². The van der Waals surface area contributed by atoms with Gasteiger partial charge in [-0.3, -0.25) is 0 Å². The summed E-state index contributed by atoms with van der Waals surface area (Å²) in [6.07, 6.45) is 7.22. The van der Waals surface area contributed by atoms with Gasteiger partial charge in [0.1, 0.15) is 11.8 Å². The molecule has 4 rings (SSSR count). The van der Waals surface area contributed by atoms with E-state index in [0.29, 0.717) is 12.3 Å². The number of ether oxygens (including phenoxy) is 1. The molecule has 32 heavy (non-hydrogen) atoms. The summed E-state index contributed by atoms with van der Waals surface area (Å²) in [7, 11) is 1.43. The van der Waals surface area contributed by atoms with Gasteiger partial charge in [0.25, 0.3) is 0 Å². The second kappa shape index (κ2) is 10.1. The van der Waals surface area contributed by atoms with Crippen molar-refractivity contribution in [3.63, 3.8) is 0 Å². The molecule has 0 aliphatic carbocycles. The molecule has 0 bridgehead atoms. The van der Waals surface area contributed by atoms with E-state index in [4.69, 9.17) is 14.1 Å².